The second-order valence-corrected chi connectivity index (χ2v) is 6.89. The molecule has 0 aliphatic rings. The summed E-state index contributed by atoms with van der Waals surface area (Å²) in [6.07, 6.45) is 1.28. The van der Waals surface area contributed by atoms with Gasteiger partial charge in [-0.25, -0.2) is 9.78 Å². The number of aromatic nitrogens is 4. The Balaban J connectivity index is 2.18. The fourth-order valence-corrected chi connectivity index (χ4v) is 3.05. The first-order chi connectivity index (χ1) is 12.1. The van der Waals surface area contributed by atoms with E-state index in [1.807, 2.05) is 0 Å². The van der Waals surface area contributed by atoms with Crippen molar-refractivity contribution < 1.29 is 19.5 Å². The molecule has 2 aromatic rings. The number of nitrogens with one attached hydrogen (secondary N) is 1. The van der Waals surface area contributed by atoms with Crippen molar-refractivity contribution in [3.05, 3.63) is 27.2 Å². The first kappa shape index (κ1) is 19.4. The number of fused-ring (bicyclic) bond motifs is 1. The summed E-state index contributed by atoms with van der Waals surface area (Å²) in [7, 11) is 2.79. The maximum atomic E-state index is 12.3. The molecule has 0 saturated heterocycles. The first-order valence-electron chi connectivity index (χ1n) is 7.43. The average molecular weight is 383 g/mol. The minimum Gasteiger partial charge on any atom is -0.480 e. The summed E-state index contributed by atoms with van der Waals surface area (Å²) >= 11 is 0.714. The molecule has 0 aromatic carbocycles. The number of amides is 1. The smallest absolute Gasteiger partial charge is 0.332 e. The standard InChI is InChI=1S/C14H17N5O6S/c1-7(12(23)15-4-8(20)21)26-9(22)5-19-6-16-11-10(19)13(24)18(3)14(25)17(11)2/h6-7H,4-5H2,1-3H3,(H,15,23)(H,20,21). The van der Waals surface area contributed by atoms with Crippen LogP contribution >= 0.6 is 11.8 Å². The molecule has 2 heterocycles. The number of carboxylic acid groups (broad SMARTS) is 1. The van der Waals surface area contributed by atoms with Crippen LogP contribution < -0.4 is 16.6 Å². The number of rotatable bonds is 6. The Labute approximate surface area is 150 Å². The highest BCUT2D eigenvalue weighted by Gasteiger charge is 2.20. The molecule has 0 bridgehead atoms. The summed E-state index contributed by atoms with van der Waals surface area (Å²) in [4.78, 5) is 62.5. The number of aryl methyl sites for hydroxylation is 1. The lowest BCUT2D eigenvalue weighted by atomic mass is 10.4. The molecule has 0 radical (unpaired) electrons. The molecule has 0 saturated carbocycles. The van der Waals surface area contributed by atoms with E-state index in [-0.39, 0.29) is 17.7 Å². The quantitative estimate of drug-likeness (QED) is 0.599. The van der Waals surface area contributed by atoms with Crippen LogP contribution in [-0.4, -0.2) is 52.6 Å². The molecule has 11 nitrogen and oxygen atoms in total. The van der Waals surface area contributed by atoms with E-state index in [0.29, 0.717) is 11.8 Å². The van der Waals surface area contributed by atoms with E-state index >= 15 is 0 Å². The second kappa shape index (κ2) is 7.56. The van der Waals surface area contributed by atoms with Gasteiger partial charge in [-0.3, -0.25) is 28.3 Å². The van der Waals surface area contributed by atoms with Crippen LogP contribution in [0.4, 0.5) is 0 Å². The van der Waals surface area contributed by atoms with Crippen LogP contribution in [0.5, 0.6) is 0 Å². The lowest BCUT2D eigenvalue weighted by Gasteiger charge is -2.10. The van der Waals surface area contributed by atoms with E-state index in [9.17, 15) is 24.0 Å². The topological polar surface area (TPSA) is 145 Å². The lowest BCUT2D eigenvalue weighted by Crippen LogP contribution is -2.37. The molecule has 0 aliphatic carbocycles. The highest BCUT2D eigenvalue weighted by Crippen LogP contribution is 2.14. The number of carbonyl (C=O) groups is 3. The van der Waals surface area contributed by atoms with Gasteiger partial charge in [-0.2, -0.15) is 0 Å². The molecule has 2 aromatic heterocycles. The highest BCUT2D eigenvalue weighted by molar-refractivity contribution is 8.14. The van der Waals surface area contributed by atoms with Gasteiger partial charge in [0, 0.05) is 14.1 Å². The van der Waals surface area contributed by atoms with Crippen molar-refractivity contribution in [2.75, 3.05) is 6.54 Å². The van der Waals surface area contributed by atoms with E-state index in [2.05, 4.69) is 10.3 Å². The number of hydrogen-bond donors (Lipinski definition) is 2. The van der Waals surface area contributed by atoms with E-state index in [1.165, 1.54) is 36.5 Å². The van der Waals surface area contributed by atoms with Gasteiger partial charge in [0.1, 0.15) is 6.54 Å². The predicted octanol–water partition coefficient (Wildman–Crippen LogP) is -1.72. The van der Waals surface area contributed by atoms with Crippen molar-refractivity contribution in [2.45, 2.75) is 18.7 Å². The van der Waals surface area contributed by atoms with Crippen LogP contribution in [0.1, 0.15) is 6.92 Å². The third-order valence-corrected chi connectivity index (χ3v) is 4.57. The van der Waals surface area contributed by atoms with Gasteiger partial charge in [-0.05, 0) is 6.92 Å². The normalized spacial score (nSPS) is 12.1. The van der Waals surface area contributed by atoms with Crippen LogP contribution in [0.15, 0.2) is 15.9 Å². The van der Waals surface area contributed by atoms with Gasteiger partial charge in [0.25, 0.3) is 5.56 Å². The van der Waals surface area contributed by atoms with Crippen LogP contribution in [0.2, 0.25) is 0 Å². The first-order valence-corrected chi connectivity index (χ1v) is 8.31. The number of carbonyl (C=O) groups excluding carboxylic acids is 2. The Bertz CT molecular complexity index is 1000. The van der Waals surface area contributed by atoms with Crippen molar-refractivity contribution in [3.63, 3.8) is 0 Å². The van der Waals surface area contributed by atoms with Gasteiger partial charge >= 0.3 is 11.7 Å². The van der Waals surface area contributed by atoms with E-state index < -0.39 is 40.0 Å². The summed E-state index contributed by atoms with van der Waals surface area (Å²) in [5.41, 5.74) is -0.850. The average Bonchev–Trinajstić information content (AvgIpc) is 2.99. The lowest BCUT2D eigenvalue weighted by molar-refractivity contribution is -0.137. The Hall–Kier alpha value is -2.89. The zero-order chi connectivity index (χ0) is 19.6. The van der Waals surface area contributed by atoms with Crippen LogP contribution in [0.25, 0.3) is 11.2 Å². The summed E-state index contributed by atoms with van der Waals surface area (Å²) in [6.45, 7) is 0.702. The SMILES string of the molecule is CC(SC(=O)Cn1cnc2c1c(=O)n(C)c(=O)n2C)C(=O)NCC(=O)O. The molecule has 2 N–H and O–H groups in total. The summed E-state index contributed by atoms with van der Waals surface area (Å²) in [5.74, 6) is -1.77. The molecule has 0 spiro atoms. The molecule has 0 fully saturated rings. The maximum Gasteiger partial charge on any atom is 0.332 e. The number of aliphatic carboxylic acids is 1. The molecular weight excluding hydrogens is 366 g/mol. The van der Waals surface area contributed by atoms with Crippen molar-refractivity contribution in [1.29, 1.82) is 0 Å². The molecule has 1 unspecified atom stereocenters. The molecule has 0 aliphatic heterocycles. The number of thioether (sulfide) groups is 1. The number of carboxylic acids is 1. The molecular formula is C14H17N5O6S. The zero-order valence-electron chi connectivity index (χ0n) is 14.3. The van der Waals surface area contributed by atoms with E-state index in [0.717, 1.165) is 4.57 Å². The van der Waals surface area contributed by atoms with Crippen molar-refractivity contribution in [3.8, 4) is 0 Å². The minimum absolute atomic E-state index is 0.103. The van der Waals surface area contributed by atoms with Crippen LogP contribution in [0, 0.1) is 0 Å². The number of imidazole rings is 1. The largest absolute Gasteiger partial charge is 0.480 e. The minimum atomic E-state index is -1.19. The molecule has 140 valence electrons. The monoisotopic (exact) mass is 383 g/mol. The van der Waals surface area contributed by atoms with Crippen LogP contribution in [0.3, 0.4) is 0 Å². The van der Waals surface area contributed by atoms with Crippen molar-refractivity contribution in [2.24, 2.45) is 14.1 Å². The Morgan fingerprint density at radius 1 is 1.27 bits per heavy atom. The number of nitrogens with zero attached hydrogens (tertiary/aromatic N) is 4. The van der Waals surface area contributed by atoms with Gasteiger partial charge in [-0.15, -0.1) is 0 Å². The molecule has 12 heteroatoms. The van der Waals surface area contributed by atoms with Crippen molar-refractivity contribution in [1.82, 2.24) is 24.0 Å². The Morgan fingerprint density at radius 3 is 2.54 bits per heavy atom. The zero-order valence-corrected chi connectivity index (χ0v) is 15.1. The van der Waals surface area contributed by atoms with E-state index in [1.54, 1.807) is 0 Å². The van der Waals surface area contributed by atoms with E-state index in [4.69, 9.17) is 5.11 Å². The van der Waals surface area contributed by atoms with Crippen molar-refractivity contribution >= 4 is 39.9 Å². The van der Waals surface area contributed by atoms with Crippen LogP contribution in [-0.2, 0) is 35.0 Å². The fourth-order valence-electron chi connectivity index (χ4n) is 2.25. The van der Waals surface area contributed by atoms with Gasteiger partial charge in [0.2, 0.25) is 11.0 Å². The predicted molar refractivity (Wildman–Crippen MR) is 92.9 cm³/mol. The fraction of sp³-hybridized carbons (Fsp3) is 0.429. The van der Waals surface area contributed by atoms with Gasteiger partial charge in [-0.1, -0.05) is 11.8 Å². The third kappa shape index (κ3) is 3.85. The van der Waals surface area contributed by atoms with Gasteiger partial charge in [0.15, 0.2) is 11.2 Å². The molecule has 1 amide bonds. The third-order valence-electron chi connectivity index (χ3n) is 3.61. The maximum absolute atomic E-state index is 12.3. The molecule has 2 rings (SSSR count). The Kier molecular flexibility index (Phi) is 5.65. The summed E-state index contributed by atoms with van der Waals surface area (Å²) in [6, 6.07) is 0. The molecule has 1 atom stereocenters. The highest BCUT2D eigenvalue weighted by atomic mass is 32.2. The van der Waals surface area contributed by atoms with Gasteiger partial charge in [0.05, 0.1) is 18.1 Å². The summed E-state index contributed by atoms with van der Waals surface area (Å²) in [5, 5.41) is 9.50. The second-order valence-electron chi connectivity index (χ2n) is 5.49. The summed E-state index contributed by atoms with van der Waals surface area (Å²) < 4.78 is 3.43. The molecule has 26 heavy (non-hydrogen) atoms. The Morgan fingerprint density at radius 2 is 1.92 bits per heavy atom. The van der Waals surface area contributed by atoms with Gasteiger partial charge < -0.3 is 15.0 Å². The number of hydrogen-bond acceptors (Lipinski definition) is 7.